The largest absolute Gasteiger partial charge is 0.344 e. The number of likely N-dealkylation sites (N-methyl/N-ethyl adjacent to an activating group) is 1. The molecule has 110 valence electrons. The van der Waals surface area contributed by atoms with Gasteiger partial charge in [-0.3, -0.25) is 9.59 Å². The Morgan fingerprint density at radius 3 is 3.00 bits per heavy atom. The van der Waals surface area contributed by atoms with Gasteiger partial charge in [0, 0.05) is 26.1 Å². The molecule has 2 N–H and O–H groups in total. The summed E-state index contributed by atoms with van der Waals surface area (Å²) in [7, 11) is 1.81. The maximum Gasteiger partial charge on any atom is 0.258 e. The number of hydrogen-bond acceptors (Lipinski definition) is 4. The number of nitrogens with zero attached hydrogens (tertiary/aromatic N) is 2. The van der Waals surface area contributed by atoms with E-state index in [0.29, 0.717) is 36.2 Å². The number of benzene rings is 1. The highest BCUT2D eigenvalue weighted by molar-refractivity contribution is 5.77. The Hall–Kier alpha value is -2.21. The Kier molecular flexibility index (Phi) is 3.70. The third-order valence-electron chi connectivity index (χ3n) is 3.85. The van der Waals surface area contributed by atoms with Gasteiger partial charge < -0.3 is 15.2 Å². The van der Waals surface area contributed by atoms with Gasteiger partial charge in [0.15, 0.2) is 0 Å². The Morgan fingerprint density at radius 2 is 2.19 bits per heavy atom. The van der Waals surface area contributed by atoms with Gasteiger partial charge in [-0.2, -0.15) is 0 Å². The number of aromatic nitrogens is 2. The van der Waals surface area contributed by atoms with Crippen molar-refractivity contribution in [2.24, 2.45) is 0 Å². The number of piperidine rings is 1. The van der Waals surface area contributed by atoms with E-state index in [0.717, 1.165) is 6.42 Å². The van der Waals surface area contributed by atoms with Crippen molar-refractivity contribution in [2.75, 3.05) is 13.6 Å². The number of para-hydroxylation sites is 1. The lowest BCUT2D eigenvalue weighted by Crippen LogP contribution is -2.46. The monoisotopic (exact) mass is 286 g/mol. The van der Waals surface area contributed by atoms with E-state index in [1.165, 1.54) is 0 Å². The van der Waals surface area contributed by atoms with Crippen LogP contribution in [-0.2, 0) is 11.3 Å². The molecule has 1 aromatic carbocycles. The molecule has 21 heavy (non-hydrogen) atoms. The van der Waals surface area contributed by atoms with Crippen LogP contribution in [0.1, 0.15) is 18.7 Å². The summed E-state index contributed by atoms with van der Waals surface area (Å²) >= 11 is 0. The van der Waals surface area contributed by atoms with E-state index in [1.54, 1.807) is 11.0 Å². The molecule has 6 nitrogen and oxygen atoms in total. The first kappa shape index (κ1) is 13.8. The Balaban J connectivity index is 1.71. The number of rotatable bonds is 3. The van der Waals surface area contributed by atoms with E-state index in [-0.39, 0.29) is 17.5 Å². The van der Waals surface area contributed by atoms with Crippen molar-refractivity contribution >= 4 is 16.8 Å². The molecule has 1 saturated heterocycles. The summed E-state index contributed by atoms with van der Waals surface area (Å²) in [5, 5.41) is 3.96. The molecule has 1 atom stereocenters. The molecule has 0 saturated carbocycles. The van der Waals surface area contributed by atoms with Gasteiger partial charge in [0.2, 0.25) is 5.91 Å². The smallest absolute Gasteiger partial charge is 0.258 e. The maximum atomic E-state index is 12.0. The van der Waals surface area contributed by atoms with E-state index in [9.17, 15) is 9.59 Å². The number of hydrogen-bond donors (Lipinski definition) is 2. The van der Waals surface area contributed by atoms with E-state index >= 15 is 0 Å². The molecular weight excluding hydrogens is 268 g/mol. The molecule has 1 fully saturated rings. The summed E-state index contributed by atoms with van der Waals surface area (Å²) in [6, 6.07) is 7.53. The zero-order valence-electron chi connectivity index (χ0n) is 11.9. The number of carbonyl (C=O) groups is 1. The molecule has 0 bridgehead atoms. The second-order valence-electron chi connectivity index (χ2n) is 5.42. The highest BCUT2D eigenvalue weighted by atomic mass is 16.2. The molecule has 1 amide bonds. The van der Waals surface area contributed by atoms with Gasteiger partial charge in [0.05, 0.1) is 17.4 Å². The number of nitrogens with one attached hydrogen (secondary N) is 2. The lowest BCUT2D eigenvalue weighted by Gasteiger charge is -2.30. The summed E-state index contributed by atoms with van der Waals surface area (Å²) < 4.78 is 0. The number of carbonyl (C=O) groups excluding carboxylic acids is 1. The second-order valence-corrected chi connectivity index (χ2v) is 5.42. The third-order valence-corrected chi connectivity index (χ3v) is 3.85. The van der Waals surface area contributed by atoms with Crippen molar-refractivity contribution in [1.82, 2.24) is 20.2 Å². The molecule has 1 aromatic heterocycles. The van der Waals surface area contributed by atoms with Crippen LogP contribution in [0.3, 0.4) is 0 Å². The van der Waals surface area contributed by atoms with Crippen LogP contribution in [0.4, 0.5) is 0 Å². The van der Waals surface area contributed by atoms with Crippen molar-refractivity contribution in [1.29, 1.82) is 0 Å². The topological polar surface area (TPSA) is 78.1 Å². The molecule has 3 rings (SSSR count). The van der Waals surface area contributed by atoms with Crippen LogP contribution in [0.25, 0.3) is 10.9 Å². The maximum absolute atomic E-state index is 12.0. The first-order chi connectivity index (χ1) is 10.1. The molecule has 0 aliphatic carbocycles. The van der Waals surface area contributed by atoms with Gasteiger partial charge >= 0.3 is 0 Å². The molecule has 1 unspecified atom stereocenters. The molecule has 0 radical (unpaired) electrons. The summed E-state index contributed by atoms with van der Waals surface area (Å²) in [6.07, 6.45) is 1.39. The zero-order chi connectivity index (χ0) is 14.8. The number of likely N-dealkylation sites (tertiary alicyclic amines) is 1. The molecule has 2 aromatic rings. The van der Waals surface area contributed by atoms with Crippen molar-refractivity contribution in [2.45, 2.75) is 25.4 Å². The average Bonchev–Trinajstić information content (AvgIpc) is 2.49. The van der Waals surface area contributed by atoms with Crippen molar-refractivity contribution in [3.8, 4) is 0 Å². The summed E-state index contributed by atoms with van der Waals surface area (Å²) in [6.45, 7) is 1.18. The van der Waals surface area contributed by atoms with Crippen LogP contribution in [0.15, 0.2) is 29.1 Å². The van der Waals surface area contributed by atoms with Crippen LogP contribution in [-0.4, -0.2) is 40.4 Å². The summed E-state index contributed by atoms with van der Waals surface area (Å²) in [5.41, 5.74) is 0.585. The van der Waals surface area contributed by atoms with Gasteiger partial charge in [-0.25, -0.2) is 4.98 Å². The normalized spacial score (nSPS) is 19.2. The highest BCUT2D eigenvalue weighted by Gasteiger charge is 2.22. The standard InChI is InChI=1S/C15H18N4O2/c1-19-9-10(6-7-14(19)20)16-8-13-17-12-5-3-2-4-11(12)15(21)18-13/h2-5,10,16H,6-9H2,1H3,(H,17,18,21). The number of amides is 1. The van der Waals surface area contributed by atoms with Crippen LogP contribution < -0.4 is 10.9 Å². The minimum absolute atomic E-state index is 0.117. The molecule has 1 aliphatic heterocycles. The molecule has 2 heterocycles. The highest BCUT2D eigenvalue weighted by Crippen LogP contribution is 2.10. The van der Waals surface area contributed by atoms with E-state index in [1.807, 2.05) is 25.2 Å². The number of fused-ring (bicyclic) bond motifs is 1. The molecule has 1 aliphatic rings. The van der Waals surface area contributed by atoms with Gasteiger partial charge in [-0.1, -0.05) is 12.1 Å². The fourth-order valence-electron chi connectivity index (χ4n) is 2.64. The van der Waals surface area contributed by atoms with Gasteiger partial charge in [-0.05, 0) is 18.6 Å². The van der Waals surface area contributed by atoms with Crippen LogP contribution in [0, 0.1) is 0 Å². The van der Waals surface area contributed by atoms with Crippen LogP contribution >= 0.6 is 0 Å². The van der Waals surface area contributed by atoms with E-state index in [2.05, 4.69) is 15.3 Å². The fraction of sp³-hybridized carbons (Fsp3) is 0.400. The quantitative estimate of drug-likeness (QED) is 0.867. The average molecular weight is 286 g/mol. The van der Waals surface area contributed by atoms with Crippen molar-refractivity contribution in [3.05, 3.63) is 40.4 Å². The second kappa shape index (κ2) is 5.65. The zero-order valence-corrected chi connectivity index (χ0v) is 11.9. The van der Waals surface area contributed by atoms with Crippen LogP contribution in [0.5, 0.6) is 0 Å². The van der Waals surface area contributed by atoms with E-state index < -0.39 is 0 Å². The molecule has 6 heteroatoms. The Bertz CT molecular complexity index is 725. The lowest BCUT2D eigenvalue weighted by molar-refractivity contribution is -0.132. The van der Waals surface area contributed by atoms with Gasteiger partial charge in [0.25, 0.3) is 5.56 Å². The van der Waals surface area contributed by atoms with Crippen LogP contribution in [0.2, 0.25) is 0 Å². The number of aromatic amines is 1. The van der Waals surface area contributed by atoms with Gasteiger partial charge in [0.1, 0.15) is 5.82 Å². The van der Waals surface area contributed by atoms with Crippen molar-refractivity contribution < 1.29 is 4.79 Å². The SMILES string of the molecule is CN1CC(NCc2nc3ccccc3c(=O)[nH]2)CCC1=O. The lowest BCUT2D eigenvalue weighted by atomic mass is 10.1. The fourth-order valence-corrected chi connectivity index (χ4v) is 2.64. The minimum atomic E-state index is -0.117. The Morgan fingerprint density at radius 1 is 1.38 bits per heavy atom. The predicted octanol–water partition coefficient (Wildman–Crippen LogP) is 0.633. The minimum Gasteiger partial charge on any atom is -0.344 e. The predicted molar refractivity (Wildman–Crippen MR) is 79.9 cm³/mol. The first-order valence-electron chi connectivity index (χ1n) is 7.09. The molecular formula is C15H18N4O2. The van der Waals surface area contributed by atoms with Gasteiger partial charge in [-0.15, -0.1) is 0 Å². The Labute approximate surface area is 122 Å². The van der Waals surface area contributed by atoms with Crippen molar-refractivity contribution in [3.63, 3.8) is 0 Å². The third kappa shape index (κ3) is 2.95. The first-order valence-corrected chi connectivity index (χ1v) is 7.09. The molecule has 0 spiro atoms. The summed E-state index contributed by atoms with van der Waals surface area (Å²) in [5.74, 6) is 0.809. The van der Waals surface area contributed by atoms with E-state index in [4.69, 9.17) is 0 Å². The summed E-state index contributed by atoms with van der Waals surface area (Å²) in [4.78, 5) is 32.4. The number of H-pyrrole nitrogens is 1.